The van der Waals surface area contributed by atoms with E-state index >= 15 is 0 Å². The molecule has 1 atom stereocenters. The van der Waals surface area contributed by atoms with Crippen LogP contribution in [0.25, 0.3) is 0 Å². The van der Waals surface area contributed by atoms with Gasteiger partial charge in [0.2, 0.25) is 5.91 Å². The molecule has 118 valence electrons. The molecule has 0 radical (unpaired) electrons. The van der Waals surface area contributed by atoms with Crippen LogP contribution < -0.4 is 0 Å². The van der Waals surface area contributed by atoms with Crippen LogP contribution in [0.1, 0.15) is 36.4 Å². The Morgan fingerprint density at radius 3 is 2.52 bits per heavy atom. The Kier molecular flexibility index (Phi) is 6.54. The quantitative estimate of drug-likeness (QED) is 0.683. The van der Waals surface area contributed by atoms with Gasteiger partial charge in [-0.1, -0.05) is 13.0 Å². The second-order valence-electron chi connectivity index (χ2n) is 4.95. The molecule has 0 aliphatic rings. The van der Waals surface area contributed by atoms with Gasteiger partial charge in [0.25, 0.3) is 0 Å². The predicted molar refractivity (Wildman–Crippen MR) is 84.4 cm³/mol. The number of nitrogens with zero attached hydrogens (tertiary/aromatic N) is 1. The van der Waals surface area contributed by atoms with Crippen LogP contribution in [0.5, 0.6) is 0 Å². The van der Waals surface area contributed by atoms with Gasteiger partial charge in [-0.25, -0.2) is 8.42 Å². The summed E-state index contributed by atoms with van der Waals surface area (Å²) in [6.07, 6.45) is 0.251. The number of hydrogen-bond donors (Lipinski definition) is 0. The fourth-order valence-corrected chi connectivity index (χ4v) is 3.69. The number of carbonyl (C=O) groups is 2. The Hall–Kier alpha value is -1.21. The van der Waals surface area contributed by atoms with E-state index in [4.69, 9.17) is 0 Å². The van der Waals surface area contributed by atoms with Gasteiger partial charge in [0.05, 0.1) is 10.6 Å². The molecule has 0 aromatic carbocycles. The molecule has 0 saturated heterocycles. The summed E-state index contributed by atoms with van der Waals surface area (Å²) >= 11 is 1.35. The maximum absolute atomic E-state index is 12.0. The van der Waals surface area contributed by atoms with Crippen molar-refractivity contribution in [3.05, 3.63) is 22.4 Å². The molecule has 0 saturated carbocycles. The summed E-state index contributed by atoms with van der Waals surface area (Å²) in [4.78, 5) is 25.9. The molecule has 5 nitrogen and oxygen atoms in total. The number of amides is 1. The van der Waals surface area contributed by atoms with Gasteiger partial charge in [-0.05, 0) is 18.4 Å². The number of ketones is 1. The molecule has 0 N–H and O–H groups in total. The summed E-state index contributed by atoms with van der Waals surface area (Å²) in [5.41, 5.74) is 0. The van der Waals surface area contributed by atoms with Crippen molar-refractivity contribution in [3.63, 3.8) is 0 Å². The topological polar surface area (TPSA) is 71.5 Å². The first kappa shape index (κ1) is 17.8. The molecule has 0 spiro atoms. The molecule has 1 heterocycles. The van der Waals surface area contributed by atoms with Crippen molar-refractivity contribution in [1.82, 2.24) is 4.90 Å². The monoisotopic (exact) mass is 331 g/mol. The molecule has 1 aromatic heterocycles. The standard InChI is InChI=1S/C14H21NO4S2/c1-4-21(18,19)10-11(2)15(3)14(17)8-7-12(16)13-6-5-9-20-13/h5-6,9,11H,4,7-8,10H2,1-3H3. The maximum atomic E-state index is 12.0. The number of carbonyl (C=O) groups excluding carboxylic acids is 2. The van der Waals surface area contributed by atoms with E-state index in [0.29, 0.717) is 4.88 Å². The van der Waals surface area contributed by atoms with E-state index in [1.807, 2.05) is 5.38 Å². The number of Topliss-reactive ketones (excluding diaryl/α,β-unsaturated/α-hetero) is 1. The summed E-state index contributed by atoms with van der Waals surface area (Å²) in [5, 5.41) is 1.82. The van der Waals surface area contributed by atoms with Crippen LogP contribution in [-0.4, -0.2) is 49.6 Å². The second-order valence-corrected chi connectivity index (χ2v) is 8.30. The first-order chi connectivity index (χ1) is 9.76. The lowest BCUT2D eigenvalue weighted by molar-refractivity contribution is -0.131. The molecule has 1 aromatic rings. The van der Waals surface area contributed by atoms with Crippen molar-refractivity contribution in [2.75, 3.05) is 18.6 Å². The number of thiophene rings is 1. The van der Waals surface area contributed by atoms with E-state index in [1.165, 1.54) is 16.2 Å². The lowest BCUT2D eigenvalue weighted by Crippen LogP contribution is -2.39. The van der Waals surface area contributed by atoms with E-state index < -0.39 is 9.84 Å². The Bertz CT molecular complexity index is 578. The van der Waals surface area contributed by atoms with E-state index in [-0.39, 0.29) is 42.1 Å². The SMILES string of the molecule is CCS(=O)(=O)CC(C)N(C)C(=O)CCC(=O)c1cccs1. The lowest BCUT2D eigenvalue weighted by Gasteiger charge is -2.24. The van der Waals surface area contributed by atoms with Gasteiger partial charge < -0.3 is 4.90 Å². The van der Waals surface area contributed by atoms with Crippen LogP contribution in [0.2, 0.25) is 0 Å². The predicted octanol–water partition coefficient (Wildman–Crippen LogP) is 1.99. The van der Waals surface area contributed by atoms with Gasteiger partial charge in [-0.15, -0.1) is 11.3 Å². The highest BCUT2D eigenvalue weighted by atomic mass is 32.2. The van der Waals surface area contributed by atoms with Crippen LogP contribution in [0.15, 0.2) is 17.5 Å². The van der Waals surface area contributed by atoms with Crippen molar-refractivity contribution in [2.24, 2.45) is 0 Å². The minimum absolute atomic E-state index is 0.0510. The summed E-state index contributed by atoms with van der Waals surface area (Å²) in [6, 6.07) is 3.14. The molecule has 7 heteroatoms. The molecular weight excluding hydrogens is 310 g/mol. The first-order valence-corrected chi connectivity index (χ1v) is 9.49. The molecular formula is C14H21NO4S2. The van der Waals surface area contributed by atoms with Crippen molar-refractivity contribution >= 4 is 32.9 Å². The number of sulfone groups is 1. The van der Waals surface area contributed by atoms with Crippen molar-refractivity contribution in [2.45, 2.75) is 32.7 Å². The average Bonchev–Trinajstić information content (AvgIpc) is 2.97. The molecule has 0 aliphatic heterocycles. The van der Waals surface area contributed by atoms with Gasteiger partial charge >= 0.3 is 0 Å². The largest absolute Gasteiger partial charge is 0.342 e. The Balaban J connectivity index is 2.49. The third-order valence-electron chi connectivity index (χ3n) is 3.35. The lowest BCUT2D eigenvalue weighted by atomic mass is 10.1. The van der Waals surface area contributed by atoms with E-state index in [9.17, 15) is 18.0 Å². The highest BCUT2D eigenvalue weighted by Gasteiger charge is 2.21. The van der Waals surface area contributed by atoms with Gasteiger partial charge in [0.1, 0.15) is 0 Å². The second kappa shape index (κ2) is 7.70. The maximum Gasteiger partial charge on any atom is 0.223 e. The molecule has 21 heavy (non-hydrogen) atoms. The zero-order chi connectivity index (χ0) is 16.0. The first-order valence-electron chi connectivity index (χ1n) is 6.79. The van der Waals surface area contributed by atoms with Crippen LogP contribution in [0.3, 0.4) is 0 Å². The van der Waals surface area contributed by atoms with E-state index in [0.717, 1.165) is 0 Å². The summed E-state index contributed by atoms with van der Waals surface area (Å²) in [6.45, 7) is 3.29. The highest BCUT2D eigenvalue weighted by Crippen LogP contribution is 2.13. The minimum atomic E-state index is -3.12. The fourth-order valence-electron chi connectivity index (χ4n) is 1.80. The molecule has 0 fully saturated rings. The fraction of sp³-hybridized carbons (Fsp3) is 0.571. The smallest absolute Gasteiger partial charge is 0.223 e. The normalized spacial score (nSPS) is 12.9. The minimum Gasteiger partial charge on any atom is -0.342 e. The zero-order valence-electron chi connectivity index (χ0n) is 12.5. The Labute approximate surface area is 129 Å². The summed E-state index contributed by atoms with van der Waals surface area (Å²) in [7, 11) is -1.55. The molecule has 0 bridgehead atoms. The van der Waals surface area contributed by atoms with Crippen LogP contribution >= 0.6 is 11.3 Å². The summed E-state index contributed by atoms with van der Waals surface area (Å²) in [5.74, 6) is -0.250. The van der Waals surface area contributed by atoms with Gasteiger partial charge in [0, 0.05) is 31.7 Å². The van der Waals surface area contributed by atoms with Crippen molar-refractivity contribution in [1.29, 1.82) is 0 Å². The van der Waals surface area contributed by atoms with Crippen LogP contribution in [0, 0.1) is 0 Å². The molecule has 1 rings (SSSR count). The molecule has 0 aliphatic carbocycles. The molecule has 1 unspecified atom stereocenters. The van der Waals surface area contributed by atoms with E-state index in [1.54, 1.807) is 33.0 Å². The zero-order valence-corrected chi connectivity index (χ0v) is 14.2. The summed E-state index contributed by atoms with van der Waals surface area (Å²) < 4.78 is 23.1. The van der Waals surface area contributed by atoms with Crippen molar-refractivity contribution in [3.8, 4) is 0 Å². The number of rotatable bonds is 8. The van der Waals surface area contributed by atoms with Crippen LogP contribution in [0.4, 0.5) is 0 Å². The van der Waals surface area contributed by atoms with Crippen LogP contribution in [-0.2, 0) is 14.6 Å². The third-order valence-corrected chi connectivity index (χ3v) is 6.13. The highest BCUT2D eigenvalue weighted by molar-refractivity contribution is 7.91. The Morgan fingerprint density at radius 2 is 2.00 bits per heavy atom. The average molecular weight is 331 g/mol. The molecule has 1 amide bonds. The van der Waals surface area contributed by atoms with Gasteiger partial charge in [0.15, 0.2) is 15.6 Å². The van der Waals surface area contributed by atoms with E-state index in [2.05, 4.69) is 0 Å². The number of hydrogen-bond acceptors (Lipinski definition) is 5. The van der Waals surface area contributed by atoms with Crippen molar-refractivity contribution < 1.29 is 18.0 Å². The van der Waals surface area contributed by atoms with Gasteiger partial charge in [-0.2, -0.15) is 0 Å². The third kappa shape index (κ3) is 5.59. The van der Waals surface area contributed by atoms with Gasteiger partial charge in [-0.3, -0.25) is 9.59 Å². The Morgan fingerprint density at radius 1 is 1.33 bits per heavy atom.